The first-order valence-corrected chi connectivity index (χ1v) is 4.67. The quantitative estimate of drug-likeness (QED) is 0.595. The number of allylic oxidation sites excluding steroid dienone is 1. The summed E-state index contributed by atoms with van der Waals surface area (Å²) in [6.07, 6.45) is 4.72. The Hall–Kier alpha value is -2.11. The zero-order chi connectivity index (χ0) is 11.7. The molecule has 0 bridgehead atoms. The molecule has 2 atom stereocenters. The van der Waals surface area contributed by atoms with Gasteiger partial charge in [0.25, 0.3) is 0 Å². The molecule has 1 amide bonds. The molecule has 2 N–H and O–H groups in total. The fraction of sp³-hybridized carbons (Fsp3) is 0.300. The first kappa shape index (κ1) is 10.4. The van der Waals surface area contributed by atoms with Gasteiger partial charge in [0.2, 0.25) is 5.91 Å². The summed E-state index contributed by atoms with van der Waals surface area (Å²) >= 11 is 0. The van der Waals surface area contributed by atoms with Gasteiger partial charge < -0.3 is 15.2 Å². The molecule has 0 saturated carbocycles. The molecule has 0 aromatic rings. The van der Waals surface area contributed by atoms with E-state index in [0.29, 0.717) is 0 Å². The highest BCUT2D eigenvalue weighted by molar-refractivity contribution is 5.98. The molecular weight excluding hydrogens is 212 g/mol. The van der Waals surface area contributed by atoms with Gasteiger partial charge in [-0.25, -0.2) is 4.79 Å². The highest BCUT2D eigenvalue weighted by Gasteiger charge is 2.39. The number of nitrogens with zero attached hydrogens (tertiary/aromatic N) is 1. The monoisotopic (exact) mass is 222 g/mol. The third kappa shape index (κ3) is 1.48. The number of rotatable bonds is 1. The molecule has 6 nitrogen and oxygen atoms in total. The minimum Gasteiger partial charge on any atom is -0.508 e. The molecule has 0 saturated heterocycles. The lowest BCUT2D eigenvalue weighted by Gasteiger charge is -2.28. The molecule has 16 heavy (non-hydrogen) atoms. The Labute approximate surface area is 91.3 Å². The van der Waals surface area contributed by atoms with Gasteiger partial charge in [-0.05, 0) is 6.08 Å². The number of carbonyl (C=O) groups is 2. The van der Waals surface area contributed by atoms with Crippen LogP contribution in [0.15, 0.2) is 28.6 Å². The van der Waals surface area contributed by atoms with Gasteiger partial charge in [0.05, 0.1) is 13.0 Å². The van der Waals surface area contributed by atoms with Crippen LogP contribution in [-0.2, 0) is 14.3 Å². The molecule has 84 valence electrons. The number of methoxy groups -OCH3 is 1. The summed E-state index contributed by atoms with van der Waals surface area (Å²) in [5, 5.41) is 12.1. The van der Waals surface area contributed by atoms with Gasteiger partial charge in [0, 0.05) is 6.21 Å². The first-order chi connectivity index (χ1) is 7.65. The first-order valence-electron chi connectivity index (χ1n) is 4.67. The van der Waals surface area contributed by atoms with Crippen LogP contribution in [0, 0.1) is 5.92 Å². The molecule has 0 spiro atoms. The van der Waals surface area contributed by atoms with Crippen molar-refractivity contribution in [1.82, 2.24) is 5.32 Å². The predicted molar refractivity (Wildman–Crippen MR) is 54.7 cm³/mol. The van der Waals surface area contributed by atoms with E-state index in [4.69, 9.17) is 0 Å². The van der Waals surface area contributed by atoms with Crippen molar-refractivity contribution < 1.29 is 19.4 Å². The Morgan fingerprint density at radius 3 is 3.06 bits per heavy atom. The average Bonchev–Trinajstić information content (AvgIpc) is 2.33. The summed E-state index contributed by atoms with van der Waals surface area (Å²) < 4.78 is 4.45. The molecule has 2 unspecified atom stereocenters. The van der Waals surface area contributed by atoms with Crippen LogP contribution in [0.4, 0.5) is 0 Å². The van der Waals surface area contributed by atoms with Crippen molar-refractivity contribution in [3.63, 3.8) is 0 Å². The lowest BCUT2D eigenvalue weighted by Crippen LogP contribution is -2.45. The molecular formula is C10H10N2O4. The van der Waals surface area contributed by atoms with Crippen LogP contribution in [-0.4, -0.2) is 36.3 Å². The number of aliphatic hydroxyl groups excluding tert-OH is 1. The van der Waals surface area contributed by atoms with Crippen LogP contribution in [0.25, 0.3) is 0 Å². The van der Waals surface area contributed by atoms with Crippen LogP contribution in [0.3, 0.4) is 0 Å². The number of hydrogen-bond donors (Lipinski definition) is 2. The second kappa shape index (κ2) is 3.80. The normalized spacial score (nSPS) is 27.4. The Kier molecular flexibility index (Phi) is 2.47. The summed E-state index contributed by atoms with van der Waals surface area (Å²) in [5.41, 5.74) is -0.235. The van der Waals surface area contributed by atoms with Crippen molar-refractivity contribution in [3.05, 3.63) is 23.6 Å². The Morgan fingerprint density at radius 2 is 2.38 bits per heavy atom. The van der Waals surface area contributed by atoms with E-state index in [9.17, 15) is 14.7 Å². The third-order valence-corrected chi connectivity index (χ3v) is 2.47. The van der Waals surface area contributed by atoms with Crippen molar-refractivity contribution in [3.8, 4) is 0 Å². The number of dihydropyridines is 1. The van der Waals surface area contributed by atoms with E-state index >= 15 is 0 Å². The van der Waals surface area contributed by atoms with Crippen molar-refractivity contribution in [2.45, 2.75) is 6.04 Å². The number of hydrogen-bond acceptors (Lipinski definition) is 5. The standard InChI is InChI=1S/C10H10N2O4/c1-16-10(15)7-8(13)6-5(9(14)12-7)3-2-4-11-6/h2-6,13H,1H3,(H,12,14). The van der Waals surface area contributed by atoms with Gasteiger partial charge in [-0.2, -0.15) is 0 Å². The summed E-state index contributed by atoms with van der Waals surface area (Å²) in [6.45, 7) is 0. The number of esters is 1. The molecule has 6 heteroatoms. The van der Waals surface area contributed by atoms with E-state index in [1.807, 2.05) is 0 Å². The number of aliphatic hydroxyl groups is 1. The number of fused-ring (bicyclic) bond motifs is 1. The van der Waals surface area contributed by atoms with Gasteiger partial charge >= 0.3 is 5.97 Å². The number of amides is 1. The van der Waals surface area contributed by atoms with Gasteiger partial charge in [-0.3, -0.25) is 9.79 Å². The van der Waals surface area contributed by atoms with Crippen molar-refractivity contribution in [1.29, 1.82) is 0 Å². The molecule has 0 aliphatic carbocycles. The lowest BCUT2D eigenvalue weighted by atomic mass is 9.91. The van der Waals surface area contributed by atoms with Crippen LogP contribution in [0.2, 0.25) is 0 Å². The van der Waals surface area contributed by atoms with Crippen LogP contribution < -0.4 is 5.32 Å². The summed E-state index contributed by atoms with van der Waals surface area (Å²) in [5.74, 6) is -2.00. The lowest BCUT2D eigenvalue weighted by molar-refractivity contribution is -0.139. The minimum atomic E-state index is -0.783. The molecule has 0 radical (unpaired) electrons. The minimum absolute atomic E-state index is 0.235. The molecule has 2 heterocycles. The smallest absolute Gasteiger partial charge is 0.358 e. The van der Waals surface area contributed by atoms with Gasteiger partial charge in [0.1, 0.15) is 11.8 Å². The zero-order valence-electron chi connectivity index (χ0n) is 8.51. The van der Waals surface area contributed by atoms with Crippen LogP contribution >= 0.6 is 0 Å². The average molecular weight is 222 g/mol. The highest BCUT2D eigenvalue weighted by Crippen LogP contribution is 2.25. The number of carbonyl (C=O) groups excluding carboxylic acids is 2. The largest absolute Gasteiger partial charge is 0.508 e. The molecule has 2 aliphatic heterocycles. The summed E-state index contributed by atoms with van der Waals surface area (Å²) in [4.78, 5) is 26.8. The van der Waals surface area contributed by atoms with Crippen LogP contribution in [0.5, 0.6) is 0 Å². The van der Waals surface area contributed by atoms with E-state index in [-0.39, 0.29) is 17.4 Å². The molecule has 2 rings (SSSR count). The Balaban J connectivity index is 2.41. The Bertz CT molecular complexity index is 436. The van der Waals surface area contributed by atoms with Gasteiger partial charge in [-0.15, -0.1) is 0 Å². The van der Waals surface area contributed by atoms with E-state index in [0.717, 1.165) is 0 Å². The number of nitrogens with one attached hydrogen (secondary N) is 1. The highest BCUT2D eigenvalue weighted by atomic mass is 16.5. The van der Waals surface area contributed by atoms with Crippen LogP contribution in [0.1, 0.15) is 0 Å². The topological polar surface area (TPSA) is 88.0 Å². The Morgan fingerprint density at radius 1 is 1.62 bits per heavy atom. The van der Waals surface area contributed by atoms with Gasteiger partial charge in [-0.1, -0.05) is 6.08 Å². The fourth-order valence-corrected chi connectivity index (χ4v) is 1.66. The second-order valence-corrected chi connectivity index (χ2v) is 3.39. The number of aliphatic imine (C=N–C) groups is 1. The third-order valence-electron chi connectivity index (χ3n) is 2.47. The number of ether oxygens (including phenoxy) is 1. The second-order valence-electron chi connectivity index (χ2n) is 3.39. The molecule has 0 aromatic heterocycles. The zero-order valence-corrected chi connectivity index (χ0v) is 8.51. The van der Waals surface area contributed by atoms with E-state index in [1.165, 1.54) is 13.3 Å². The van der Waals surface area contributed by atoms with E-state index in [2.05, 4.69) is 15.0 Å². The van der Waals surface area contributed by atoms with Crippen molar-refractivity contribution in [2.24, 2.45) is 10.9 Å². The SMILES string of the molecule is COC(=O)C1=C(O)C2N=CC=CC2C(=O)N1. The van der Waals surface area contributed by atoms with E-state index < -0.39 is 17.9 Å². The molecule has 0 aromatic carbocycles. The van der Waals surface area contributed by atoms with Crippen molar-refractivity contribution >= 4 is 18.1 Å². The predicted octanol–water partition coefficient (Wildman–Crippen LogP) is -0.316. The molecule has 2 aliphatic rings. The maximum absolute atomic E-state index is 11.6. The molecule has 0 fully saturated rings. The fourth-order valence-electron chi connectivity index (χ4n) is 1.66. The maximum atomic E-state index is 11.6. The van der Waals surface area contributed by atoms with Gasteiger partial charge in [0.15, 0.2) is 5.70 Å². The summed E-state index contributed by atoms with van der Waals surface area (Å²) in [7, 11) is 1.17. The van der Waals surface area contributed by atoms with Crippen molar-refractivity contribution in [2.75, 3.05) is 7.11 Å². The summed E-state index contributed by atoms with van der Waals surface area (Å²) in [6, 6.07) is -0.729. The maximum Gasteiger partial charge on any atom is 0.358 e. The van der Waals surface area contributed by atoms with E-state index in [1.54, 1.807) is 12.2 Å².